The summed E-state index contributed by atoms with van der Waals surface area (Å²) in [5.74, 6) is 11.7. The second-order valence-corrected chi connectivity index (χ2v) is 14.9. The normalized spacial score (nSPS) is 10.4. The van der Waals surface area contributed by atoms with Crippen molar-refractivity contribution >= 4 is 40.8 Å². The van der Waals surface area contributed by atoms with E-state index < -0.39 is 18.0 Å². The summed E-state index contributed by atoms with van der Waals surface area (Å²) in [5.41, 5.74) is 3.01. The number of carbonyl (C=O) groups excluding carboxylic acids is 2. The molecule has 306 valence electrons. The molecule has 0 fully saturated rings. The third kappa shape index (κ3) is 21.6. The number of urea groups is 2. The molecule has 0 heterocycles. The molecular formula is C49H66N4O4. The molecule has 0 aliphatic rings. The highest BCUT2D eigenvalue weighted by Gasteiger charge is 2.12. The number of anilines is 4. The molecule has 0 aliphatic heterocycles. The smallest absolute Gasteiger partial charge is 0.335 e. The summed E-state index contributed by atoms with van der Waals surface area (Å²) < 4.78 is 0. The maximum atomic E-state index is 12.9. The zero-order valence-electron chi connectivity index (χ0n) is 34.6. The van der Waals surface area contributed by atoms with Gasteiger partial charge >= 0.3 is 18.0 Å². The van der Waals surface area contributed by atoms with Gasteiger partial charge in [-0.05, 0) is 67.4 Å². The van der Waals surface area contributed by atoms with Crippen molar-refractivity contribution in [1.82, 2.24) is 0 Å². The number of carbonyl (C=O) groups is 3. The van der Waals surface area contributed by atoms with Crippen LogP contribution in [0.5, 0.6) is 0 Å². The largest absolute Gasteiger partial charge is 0.478 e. The SMILES string of the molecule is CCCCCCCCCCCCC#Cc1cccc(NC(=O)Nc2cc(NC(=O)Nc3cccc(C#CCCCCCCCCCCCC)c3)cc(C(=O)O)c2)c1. The highest BCUT2D eigenvalue weighted by molar-refractivity contribution is 6.04. The molecule has 0 aromatic heterocycles. The lowest BCUT2D eigenvalue weighted by Gasteiger charge is -2.12. The molecular weight excluding hydrogens is 709 g/mol. The topological polar surface area (TPSA) is 120 Å². The molecule has 0 saturated heterocycles. The Hall–Kier alpha value is -5.21. The fraction of sp³-hybridized carbons (Fsp3) is 0.490. The lowest BCUT2D eigenvalue weighted by molar-refractivity contribution is 0.0697. The van der Waals surface area contributed by atoms with Gasteiger partial charge in [-0.1, -0.05) is 165 Å². The van der Waals surface area contributed by atoms with Crippen molar-refractivity contribution in [3.8, 4) is 23.7 Å². The summed E-state index contributed by atoms with van der Waals surface area (Å²) in [6.07, 6.45) is 27.4. The van der Waals surface area contributed by atoms with Crippen LogP contribution in [0.15, 0.2) is 66.7 Å². The average Bonchev–Trinajstić information content (AvgIpc) is 3.19. The zero-order valence-corrected chi connectivity index (χ0v) is 34.6. The molecule has 0 atom stereocenters. The molecule has 0 aliphatic carbocycles. The summed E-state index contributed by atoms with van der Waals surface area (Å²) in [5, 5.41) is 20.7. The molecule has 8 nitrogen and oxygen atoms in total. The molecule has 0 spiro atoms. The quantitative estimate of drug-likeness (QED) is 0.0435. The number of rotatable bonds is 25. The first kappa shape index (κ1) is 46.2. The van der Waals surface area contributed by atoms with Crippen molar-refractivity contribution in [3.63, 3.8) is 0 Å². The van der Waals surface area contributed by atoms with Gasteiger partial charge in [0.15, 0.2) is 0 Å². The van der Waals surface area contributed by atoms with Crippen molar-refractivity contribution in [2.75, 3.05) is 21.3 Å². The van der Waals surface area contributed by atoms with Gasteiger partial charge < -0.3 is 26.4 Å². The van der Waals surface area contributed by atoms with E-state index in [9.17, 15) is 19.5 Å². The van der Waals surface area contributed by atoms with Crippen LogP contribution in [0.3, 0.4) is 0 Å². The van der Waals surface area contributed by atoms with Crippen LogP contribution in [-0.4, -0.2) is 23.1 Å². The maximum Gasteiger partial charge on any atom is 0.335 e. The van der Waals surface area contributed by atoms with Gasteiger partial charge in [-0.2, -0.15) is 0 Å². The minimum absolute atomic E-state index is 0.0949. The van der Waals surface area contributed by atoms with Crippen molar-refractivity contribution in [3.05, 3.63) is 83.4 Å². The first-order valence-corrected chi connectivity index (χ1v) is 21.6. The number of nitrogens with one attached hydrogen (secondary N) is 4. The van der Waals surface area contributed by atoms with Gasteiger partial charge in [-0.25, -0.2) is 14.4 Å². The second kappa shape index (κ2) is 29.1. The van der Waals surface area contributed by atoms with Crippen LogP contribution in [0, 0.1) is 23.7 Å². The Bertz CT molecular complexity index is 1660. The van der Waals surface area contributed by atoms with Gasteiger partial charge in [-0.15, -0.1) is 0 Å². The molecule has 57 heavy (non-hydrogen) atoms. The third-order valence-electron chi connectivity index (χ3n) is 9.71. The van der Waals surface area contributed by atoms with Crippen molar-refractivity contribution in [2.45, 2.75) is 155 Å². The Labute approximate surface area is 342 Å². The van der Waals surface area contributed by atoms with E-state index >= 15 is 0 Å². The number of aromatic carboxylic acids is 1. The lowest BCUT2D eigenvalue weighted by atomic mass is 10.1. The third-order valence-corrected chi connectivity index (χ3v) is 9.71. The van der Waals surface area contributed by atoms with Crippen molar-refractivity contribution in [2.24, 2.45) is 0 Å². The Balaban J connectivity index is 1.43. The first-order chi connectivity index (χ1) is 27.9. The maximum absolute atomic E-state index is 12.9. The average molecular weight is 775 g/mol. The Kier molecular flexibility index (Phi) is 23.6. The highest BCUT2D eigenvalue weighted by atomic mass is 16.4. The first-order valence-electron chi connectivity index (χ1n) is 21.6. The molecule has 0 radical (unpaired) electrons. The molecule has 3 aromatic rings. The number of carboxylic acids is 1. The number of unbranched alkanes of at least 4 members (excludes halogenated alkanes) is 20. The van der Waals surface area contributed by atoms with Crippen LogP contribution in [0.4, 0.5) is 32.3 Å². The Morgan fingerprint density at radius 2 is 0.807 bits per heavy atom. The number of carboxylic acid groups (broad SMARTS) is 1. The summed E-state index contributed by atoms with van der Waals surface area (Å²) in [4.78, 5) is 37.8. The Morgan fingerprint density at radius 1 is 0.456 bits per heavy atom. The predicted molar refractivity (Wildman–Crippen MR) is 238 cm³/mol. The molecule has 8 heteroatoms. The number of amides is 4. The molecule has 4 amide bonds. The van der Waals surface area contributed by atoms with E-state index in [0.717, 1.165) is 36.8 Å². The van der Waals surface area contributed by atoms with Crippen LogP contribution in [-0.2, 0) is 0 Å². The van der Waals surface area contributed by atoms with Crippen LogP contribution in [0.2, 0.25) is 0 Å². The predicted octanol–water partition coefficient (Wildman–Crippen LogP) is 14.0. The summed E-state index contributed by atoms with van der Waals surface area (Å²) in [6, 6.07) is 17.6. The van der Waals surface area contributed by atoms with Crippen LogP contribution in [0.25, 0.3) is 0 Å². The number of benzene rings is 3. The molecule has 3 rings (SSSR count). The fourth-order valence-electron chi connectivity index (χ4n) is 6.56. The summed E-state index contributed by atoms with van der Waals surface area (Å²) in [7, 11) is 0. The number of hydrogen-bond acceptors (Lipinski definition) is 3. The Morgan fingerprint density at radius 3 is 1.18 bits per heavy atom. The van der Waals surface area contributed by atoms with Crippen molar-refractivity contribution in [1.29, 1.82) is 0 Å². The lowest BCUT2D eigenvalue weighted by Crippen LogP contribution is -2.21. The van der Waals surface area contributed by atoms with Crippen LogP contribution < -0.4 is 21.3 Å². The van der Waals surface area contributed by atoms with E-state index in [2.05, 4.69) is 58.8 Å². The summed E-state index contributed by atoms with van der Waals surface area (Å²) >= 11 is 0. The van der Waals surface area contributed by atoms with E-state index in [1.54, 1.807) is 24.3 Å². The highest BCUT2D eigenvalue weighted by Crippen LogP contribution is 2.21. The van der Waals surface area contributed by atoms with Gasteiger partial charge in [-0.3, -0.25) is 0 Å². The van der Waals surface area contributed by atoms with E-state index in [-0.39, 0.29) is 16.9 Å². The molecule has 0 unspecified atom stereocenters. The zero-order chi connectivity index (χ0) is 40.8. The van der Waals surface area contributed by atoms with Gasteiger partial charge in [0.2, 0.25) is 0 Å². The fourth-order valence-corrected chi connectivity index (χ4v) is 6.56. The van der Waals surface area contributed by atoms with Gasteiger partial charge in [0.25, 0.3) is 0 Å². The minimum Gasteiger partial charge on any atom is -0.478 e. The standard InChI is InChI=1S/C49H66N4O4/c1-3-5-7-9-11-13-15-17-19-21-23-25-29-40-31-27-33-43(35-40)50-48(56)52-45-37-42(47(54)55)38-46(39-45)53-49(57)51-44-34-28-32-41(36-44)30-26-24-22-20-18-16-14-12-10-8-6-4-2/h27-28,31-39H,3-24H2,1-2H3,(H,54,55)(H2,50,52,56)(H2,51,53,57). The van der Waals surface area contributed by atoms with Crippen LogP contribution in [0.1, 0.15) is 177 Å². The molecule has 3 aromatic carbocycles. The monoisotopic (exact) mass is 775 g/mol. The van der Waals surface area contributed by atoms with Gasteiger partial charge in [0.1, 0.15) is 0 Å². The van der Waals surface area contributed by atoms with E-state index in [0.29, 0.717) is 11.4 Å². The van der Waals surface area contributed by atoms with Crippen LogP contribution >= 0.6 is 0 Å². The summed E-state index contributed by atoms with van der Waals surface area (Å²) in [6.45, 7) is 4.50. The van der Waals surface area contributed by atoms with E-state index in [1.807, 2.05) is 24.3 Å². The van der Waals surface area contributed by atoms with Crippen molar-refractivity contribution < 1.29 is 19.5 Å². The minimum atomic E-state index is -1.20. The molecule has 0 bridgehead atoms. The second-order valence-electron chi connectivity index (χ2n) is 14.9. The van der Waals surface area contributed by atoms with E-state index in [4.69, 9.17) is 0 Å². The molecule has 5 N–H and O–H groups in total. The molecule has 0 saturated carbocycles. The van der Waals surface area contributed by atoms with Gasteiger partial charge in [0, 0.05) is 46.7 Å². The number of hydrogen-bond donors (Lipinski definition) is 5. The van der Waals surface area contributed by atoms with E-state index in [1.165, 1.54) is 134 Å². The van der Waals surface area contributed by atoms with Gasteiger partial charge in [0.05, 0.1) is 5.56 Å².